The molecule has 3 aliphatic heterocycles. The van der Waals surface area contributed by atoms with Gasteiger partial charge in [0, 0.05) is 45.6 Å². The summed E-state index contributed by atoms with van der Waals surface area (Å²) >= 11 is 0. The Morgan fingerprint density at radius 2 is 1.84 bits per heavy atom. The molecule has 0 aromatic heterocycles. The zero-order valence-corrected chi connectivity index (χ0v) is 18.3. The fourth-order valence-corrected chi connectivity index (χ4v) is 5.89. The van der Waals surface area contributed by atoms with Crippen LogP contribution in [0.1, 0.15) is 24.8 Å². The quantitative estimate of drug-likeness (QED) is 0.676. The summed E-state index contributed by atoms with van der Waals surface area (Å²) in [5.41, 5.74) is 1.53. The average molecular weight is 445 g/mol. The fraction of sp³-hybridized carbons (Fsp3) is 0.500. The minimum Gasteiger partial charge on any atom is -0.335 e. The molecule has 3 aliphatic rings. The lowest BCUT2D eigenvalue weighted by Gasteiger charge is -2.35. The molecule has 31 heavy (non-hydrogen) atoms. The van der Waals surface area contributed by atoms with Gasteiger partial charge in [-0.25, -0.2) is 13.4 Å². The molecule has 0 radical (unpaired) electrons. The second-order valence-corrected chi connectivity index (χ2v) is 10.5. The normalized spacial score (nSPS) is 24.6. The van der Waals surface area contributed by atoms with Crippen LogP contribution in [-0.4, -0.2) is 91.0 Å². The van der Waals surface area contributed by atoms with Crippen LogP contribution in [0.4, 0.5) is 0 Å². The molecule has 166 valence electrons. The highest BCUT2D eigenvalue weighted by Crippen LogP contribution is 2.22. The molecule has 0 spiro atoms. The molecule has 1 aromatic rings. The monoisotopic (exact) mass is 444 g/mol. The number of nitrogens with zero attached hydrogens (tertiary/aromatic N) is 4. The Balaban J connectivity index is 1.31. The Kier molecular flexibility index (Phi) is 6.52. The second-order valence-electron chi connectivity index (χ2n) is 8.25. The van der Waals surface area contributed by atoms with Crippen LogP contribution >= 0.6 is 0 Å². The van der Waals surface area contributed by atoms with Crippen LogP contribution < -0.4 is 0 Å². The maximum atomic E-state index is 13.0. The molecule has 2 saturated heterocycles. The van der Waals surface area contributed by atoms with E-state index in [1.807, 2.05) is 18.2 Å². The minimum absolute atomic E-state index is 0.0704. The lowest BCUT2D eigenvalue weighted by atomic mass is 10.1. The van der Waals surface area contributed by atoms with Gasteiger partial charge in [0.1, 0.15) is 5.71 Å². The molecule has 0 N–H and O–H groups in total. The summed E-state index contributed by atoms with van der Waals surface area (Å²) in [6, 6.07) is 9.69. The summed E-state index contributed by atoms with van der Waals surface area (Å²) in [5, 5.41) is 5.56. The van der Waals surface area contributed by atoms with Crippen LogP contribution in [0.2, 0.25) is 0 Å². The van der Waals surface area contributed by atoms with Crippen LogP contribution in [0.25, 0.3) is 6.08 Å². The standard InChI is InChI=1S/C22H28N4O4S/c27-21-9-8-20(23-26(21)19-10-16-31(29,30)17-19)22(28)25-14-12-24(13-15-25)11-4-7-18-5-2-1-3-6-18/h1-7,19H,8-17H2/b7-4+/t19-/m0/s1. The molecular weight excluding hydrogens is 416 g/mol. The highest BCUT2D eigenvalue weighted by Gasteiger charge is 2.38. The third kappa shape index (κ3) is 5.40. The van der Waals surface area contributed by atoms with Crippen molar-refractivity contribution in [1.82, 2.24) is 14.8 Å². The minimum atomic E-state index is -3.13. The van der Waals surface area contributed by atoms with Crippen molar-refractivity contribution >= 4 is 33.4 Å². The third-order valence-corrected chi connectivity index (χ3v) is 7.74. The molecule has 3 heterocycles. The molecule has 8 nitrogen and oxygen atoms in total. The summed E-state index contributed by atoms with van der Waals surface area (Å²) in [5.74, 6) is -0.341. The highest BCUT2D eigenvalue weighted by molar-refractivity contribution is 7.91. The number of hydrazone groups is 1. The van der Waals surface area contributed by atoms with E-state index in [9.17, 15) is 18.0 Å². The van der Waals surface area contributed by atoms with Gasteiger partial charge in [-0.1, -0.05) is 42.5 Å². The van der Waals surface area contributed by atoms with E-state index < -0.39 is 15.9 Å². The molecular formula is C22H28N4O4S. The van der Waals surface area contributed by atoms with Crippen molar-refractivity contribution in [2.45, 2.75) is 25.3 Å². The van der Waals surface area contributed by atoms with Crippen molar-refractivity contribution in [2.75, 3.05) is 44.2 Å². The van der Waals surface area contributed by atoms with E-state index in [4.69, 9.17) is 0 Å². The maximum absolute atomic E-state index is 13.0. The summed E-state index contributed by atoms with van der Waals surface area (Å²) in [6.45, 7) is 3.62. The first-order valence-corrected chi connectivity index (χ1v) is 12.6. The number of amides is 2. The van der Waals surface area contributed by atoms with Gasteiger partial charge in [-0.15, -0.1) is 0 Å². The first-order valence-electron chi connectivity index (χ1n) is 10.7. The van der Waals surface area contributed by atoms with Gasteiger partial charge >= 0.3 is 0 Å². The number of benzene rings is 1. The van der Waals surface area contributed by atoms with Gasteiger partial charge in [0.2, 0.25) is 5.91 Å². The Labute approximate surface area is 183 Å². The van der Waals surface area contributed by atoms with Crippen molar-refractivity contribution in [2.24, 2.45) is 5.10 Å². The topological polar surface area (TPSA) is 90.4 Å². The first-order chi connectivity index (χ1) is 14.9. The van der Waals surface area contributed by atoms with E-state index >= 15 is 0 Å². The molecule has 0 unspecified atom stereocenters. The van der Waals surface area contributed by atoms with E-state index in [1.54, 1.807) is 4.90 Å². The summed E-state index contributed by atoms with van der Waals surface area (Å²) < 4.78 is 23.5. The fourth-order valence-electron chi connectivity index (χ4n) is 4.20. The van der Waals surface area contributed by atoms with Gasteiger partial charge < -0.3 is 4.90 Å². The Hall–Kier alpha value is -2.52. The van der Waals surface area contributed by atoms with Crippen LogP contribution in [0.15, 0.2) is 41.5 Å². The van der Waals surface area contributed by atoms with Crippen LogP contribution in [0, 0.1) is 0 Å². The second kappa shape index (κ2) is 9.32. The number of carbonyl (C=O) groups is 2. The van der Waals surface area contributed by atoms with E-state index in [0.29, 0.717) is 31.6 Å². The largest absolute Gasteiger partial charge is 0.335 e. The lowest BCUT2D eigenvalue weighted by Crippen LogP contribution is -2.52. The number of piperazine rings is 1. The maximum Gasteiger partial charge on any atom is 0.270 e. The third-order valence-electron chi connectivity index (χ3n) is 5.99. The van der Waals surface area contributed by atoms with Crippen molar-refractivity contribution in [3.05, 3.63) is 42.0 Å². The van der Waals surface area contributed by atoms with Crippen LogP contribution in [-0.2, 0) is 19.4 Å². The van der Waals surface area contributed by atoms with E-state index in [0.717, 1.165) is 19.6 Å². The van der Waals surface area contributed by atoms with Crippen molar-refractivity contribution < 1.29 is 18.0 Å². The molecule has 1 atom stereocenters. The molecule has 2 amide bonds. The molecule has 0 bridgehead atoms. The predicted octanol–water partition coefficient (Wildman–Crippen LogP) is 1.01. The van der Waals surface area contributed by atoms with Gasteiger partial charge in [-0.05, 0) is 12.0 Å². The number of rotatable bonds is 5. The molecule has 0 saturated carbocycles. The number of carbonyl (C=O) groups excluding carboxylic acids is 2. The average Bonchev–Trinajstić information content (AvgIpc) is 3.14. The molecule has 0 aliphatic carbocycles. The van der Waals surface area contributed by atoms with E-state index in [-0.39, 0.29) is 29.7 Å². The predicted molar refractivity (Wildman–Crippen MR) is 119 cm³/mol. The van der Waals surface area contributed by atoms with Gasteiger partial charge in [0.05, 0.1) is 17.5 Å². The van der Waals surface area contributed by atoms with Crippen molar-refractivity contribution in [1.29, 1.82) is 0 Å². The summed E-state index contributed by atoms with van der Waals surface area (Å²) in [7, 11) is -3.13. The number of sulfone groups is 1. The zero-order valence-electron chi connectivity index (χ0n) is 17.5. The highest BCUT2D eigenvalue weighted by atomic mass is 32.2. The van der Waals surface area contributed by atoms with Gasteiger partial charge in [-0.2, -0.15) is 5.10 Å². The Morgan fingerprint density at radius 1 is 1.10 bits per heavy atom. The number of hydrogen-bond acceptors (Lipinski definition) is 6. The number of hydrogen-bond donors (Lipinski definition) is 0. The molecule has 9 heteroatoms. The lowest BCUT2D eigenvalue weighted by molar-refractivity contribution is -0.134. The Morgan fingerprint density at radius 3 is 2.52 bits per heavy atom. The summed E-state index contributed by atoms with van der Waals surface area (Å²) in [4.78, 5) is 29.3. The Bertz CT molecular complexity index is 982. The van der Waals surface area contributed by atoms with Crippen molar-refractivity contribution in [3.8, 4) is 0 Å². The van der Waals surface area contributed by atoms with Crippen LogP contribution in [0.5, 0.6) is 0 Å². The summed E-state index contributed by atoms with van der Waals surface area (Å²) in [6.07, 6.45) is 5.13. The van der Waals surface area contributed by atoms with Crippen molar-refractivity contribution in [3.63, 3.8) is 0 Å². The molecule has 1 aromatic carbocycles. The molecule has 4 rings (SSSR count). The van der Waals surface area contributed by atoms with Gasteiger partial charge in [-0.3, -0.25) is 14.5 Å². The SMILES string of the molecule is O=C(C1=NN([C@H]2CCS(=O)(=O)C2)C(=O)CC1)N1CCN(C/C=C/c2ccccc2)CC1. The van der Waals surface area contributed by atoms with Gasteiger partial charge in [0.15, 0.2) is 9.84 Å². The van der Waals surface area contributed by atoms with Gasteiger partial charge in [0.25, 0.3) is 5.91 Å². The first kappa shape index (κ1) is 21.7. The van der Waals surface area contributed by atoms with Crippen LogP contribution in [0.3, 0.4) is 0 Å². The van der Waals surface area contributed by atoms with E-state index in [2.05, 4.69) is 34.3 Å². The molecule has 2 fully saturated rings. The zero-order chi connectivity index (χ0) is 21.8. The smallest absolute Gasteiger partial charge is 0.270 e. The van der Waals surface area contributed by atoms with E-state index in [1.165, 1.54) is 10.6 Å².